The summed E-state index contributed by atoms with van der Waals surface area (Å²) in [5, 5.41) is 2.25. The molecule has 0 spiro atoms. The van der Waals surface area contributed by atoms with Gasteiger partial charge < -0.3 is 15.1 Å². The number of rotatable bonds is 10. The quantitative estimate of drug-likeness (QED) is 0.170. The third-order valence-corrected chi connectivity index (χ3v) is 11.9. The molecule has 1 atom stereocenters. The Morgan fingerprint density at radius 2 is 1.49 bits per heavy atom. The number of nitrogens with one attached hydrogen (secondary N) is 1. The number of alkyl halides is 3. The maximum absolute atomic E-state index is 13.9. The summed E-state index contributed by atoms with van der Waals surface area (Å²) in [6.45, 7) is 5.66. The first-order chi connectivity index (χ1) is 24.6. The van der Waals surface area contributed by atoms with Crippen molar-refractivity contribution in [1.82, 2.24) is 15.1 Å². The molecule has 1 N–H and O–H groups in total. The standard InChI is InChI=1S/C41H43F3N4O2S/c1-29(30-11-3-2-4-12-30)48-22-19-31-17-18-32(27-33(31)38(48)49)47-25-23-46(24-26-47)21-10-9-20-40(39(50)45-28-41(42,43)44)34-13-5-7-15-36(34)51-37-16-8-6-14-35(37)40/h2-8,11-18,27,29H,9-10,19-26,28H2,1H3,(H,45,50). The van der Waals surface area contributed by atoms with Gasteiger partial charge in [-0.15, -0.1) is 0 Å². The van der Waals surface area contributed by atoms with Crippen molar-refractivity contribution in [2.45, 2.75) is 60.0 Å². The molecule has 0 aromatic heterocycles. The van der Waals surface area contributed by atoms with Gasteiger partial charge in [0.05, 0.1) is 6.04 Å². The molecule has 6 nitrogen and oxygen atoms in total. The number of hydrogen-bond donors (Lipinski definition) is 1. The van der Waals surface area contributed by atoms with Crippen molar-refractivity contribution in [3.05, 3.63) is 125 Å². The Bertz CT molecular complexity index is 1830. The molecule has 4 aromatic rings. The van der Waals surface area contributed by atoms with Crippen molar-refractivity contribution < 1.29 is 22.8 Å². The summed E-state index contributed by atoms with van der Waals surface area (Å²) < 4.78 is 39.9. The fourth-order valence-electron chi connectivity index (χ4n) is 7.95. The molecule has 3 heterocycles. The lowest BCUT2D eigenvalue weighted by Gasteiger charge is -2.40. The Morgan fingerprint density at radius 1 is 0.843 bits per heavy atom. The van der Waals surface area contributed by atoms with Crippen LogP contribution in [0.5, 0.6) is 0 Å². The van der Waals surface area contributed by atoms with Crippen LogP contribution in [-0.4, -0.2) is 73.6 Å². The molecule has 51 heavy (non-hydrogen) atoms. The van der Waals surface area contributed by atoms with Crippen molar-refractivity contribution in [3.63, 3.8) is 0 Å². The normalized spacial score (nSPS) is 17.7. The number of fused-ring (bicyclic) bond motifs is 3. The highest BCUT2D eigenvalue weighted by Gasteiger charge is 2.47. The van der Waals surface area contributed by atoms with Crippen molar-refractivity contribution >= 4 is 29.3 Å². The second-order valence-corrected chi connectivity index (χ2v) is 14.8. The van der Waals surface area contributed by atoms with Gasteiger partial charge in [-0.05, 0) is 79.3 Å². The highest BCUT2D eigenvalue weighted by molar-refractivity contribution is 7.99. The number of anilines is 1. The van der Waals surface area contributed by atoms with Crippen LogP contribution in [0.15, 0.2) is 107 Å². The monoisotopic (exact) mass is 712 g/mol. The third kappa shape index (κ3) is 7.26. The van der Waals surface area contributed by atoms with E-state index in [2.05, 4.69) is 52.4 Å². The van der Waals surface area contributed by atoms with Crippen LogP contribution in [0.1, 0.15) is 64.8 Å². The second-order valence-electron chi connectivity index (χ2n) is 13.8. The smallest absolute Gasteiger partial charge is 0.369 e. The van der Waals surface area contributed by atoms with Crippen LogP contribution in [0, 0.1) is 0 Å². The summed E-state index contributed by atoms with van der Waals surface area (Å²) in [5.41, 5.74) is 4.42. The Balaban J connectivity index is 0.989. The summed E-state index contributed by atoms with van der Waals surface area (Å²) in [6, 6.07) is 31.7. The van der Waals surface area contributed by atoms with E-state index in [1.807, 2.05) is 71.6 Å². The van der Waals surface area contributed by atoms with E-state index in [9.17, 15) is 22.8 Å². The average Bonchev–Trinajstić information content (AvgIpc) is 3.15. The lowest BCUT2D eigenvalue weighted by Crippen LogP contribution is -2.49. The van der Waals surface area contributed by atoms with E-state index in [-0.39, 0.29) is 11.9 Å². The predicted molar refractivity (Wildman–Crippen MR) is 195 cm³/mol. The van der Waals surface area contributed by atoms with Crippen LogP contribution >= 0.6 is 11.8 Å². The number of halogens is 3. The lowest BCUT2D eigenvalue weighted by atomic mass is 9.69. The molecule has 3 aliphatic rings. The van der Waals surface area contributed by atoms with Gasteiger partial charge in [-0.2, -0.15) is 13.2 Å². The first-order valence-corrected chi connectivity index (χ1v) is 18.6. The van der Waals surface area contributed by atoms with E-state index >= 15 is 0 Å². The number of unbranched alkanes of at least 4 members (excludes halogenated alkanes) is 1. The molecule has 1 fully saturated rings. The van der Waals surface area contributed by atoms with E-state index in [1.54, 1.807) is 11.8 Å². The van der Waals surface area contributed by atoms with Gasteiger partial charge in [0.25, 0.3) is 5.91 Å². The molecule has 3 aliphatic heterocycles. The maximum atomic E-state index is 13.9. The molecule has 4 aromatic carbocycles. The molecule has 2 amide bonds. The van der Waals surface area contributed by atoms with Gasteiger partial charge in [0.15, 0.2) is 0 Å². The molecule has 0 radical (unpaired) electrons. The Morgan fingerprint density at radius 3 is 2.16 bits per heavy atom. The summed E-state index contributed by atoms with van der Waals surface area (Å²) in [7, 11) is 0. The van der Waals surface area contributed by atoms with Crippen molar-refractivity contribution in [2.75, 3.05) is 50.7 Å². The summed E-state index contributed by atoms with van der Waals surface area (Å²) in [6.07, 6.45) is -1.76. The number of amides is 2. The number of hydrogen-bond acceptors (Lipinski definition) is 5. The number of carbonyl (C=O) groups excluding carboxylic acids is 2. The van der Waals surface area contributed by atoms with E-state index in [0.717, 1.165) is 88.9 Å². The van der Waals surface area contributed by atoms with Crippen LogP contribution < -0.4 is 10.2 Å². The van der Waals surface area contributed by atoms with Crippen LogP contribution in [0.4, 0.5) is 18.9 Å². The number of benzene rings is 4. The van der Waals surface area contributed by atoms with Gasteiger partial charge in [0, 0.05) is 53.8 Å². The van der Waals surface area contributed by atoms with Crippen LogP contribution in [0.25, 0.3) is 0 Å². The summed E-state index contributed by atoms with van der Waals surface area (Å²) in [4.78, 5) is 36.1. The van der Waals surface area contributed by atoms with Crippen LogP contribution in [-0.2, 0) is 16.6 Å². The maximum Gasteiger partial charge on any atom is 0.405 e. The van der Waals surface area contributed by atoms with Gasteiger partial charge in [0.1, 0.15) is 12.0 Å². The van der Waals surface area contributed by atoms with Crippen LogP contribution in [0.3, 0.4) is 0 Å². The first kappa shape index (κ1) is 35.1. The largest absolute Gasteiger partial charge is 0.405 e. The zero-order valence-electron chi connectivity index (χ0n) is 28.8. The average molecular weight is 713 g/mol. The first-order valence-electron chi connectivity index (χ1n) is 17.8. The molecule has 0 bridgehead atoms. The Labute approximate surface area is 302 Å². The summed E-state index contributed by atoms with van der Waals surface area (Å²) >= 11 is 1.56. The fraction of sp³-hybridized carbons (Fsp3) is 0.366. The van der Waals surface area contributed by atoms with Crippen molar-refractivity contribution in [1.29, 1.82) is 0 Å². The molecule has 7 rings (SSSR count). The minimum Gasteiger partial charge on any atom is -0.369 e. The highest BCUT2D eigenvalue weighted by atomic mass is 32.2. The summed E-state index contributed by atoms with van der Waals surface area (Å²) in [5.74, 6) is -0.519. The molecule has 1 unspecified atom stereocenters. The lowest BCUT2D eigenvalue weighted by molar-refractivity contribution is -0.141. The van der Waals surface area contributed by atoms with Gasteiger partial charge in [-0.25, -0.2) is 0 Å². The number of nitrogens with zero attached hydrogens (tertiary/aromatic N) is 3. The van der Waals surface area contributed by atoms with Gasteiger partial charge >= 0.3 is 6.18 Å². The third-order valence-electron chi connectivity index (χ3n) is 10.7. The van der Waals surface area contributed by atoms with E-state index in [4.69, 9.17) is 0 Å². The molecule has 0 aliphatic carbocycles. The zero-order valence-corrected chi connectivity index (χ0v) is 29.6. The minimum atomic E-state index is -4.50. The molecule has 1 saturated heterocycles. The topological polar surface area (TPSA) is 55.9 Å². The predicted octanol–water partition coefficient (Wildman–Crippen LogP) is 7.87. The molecule has 0 saturated carbocycles. The van der Waals surface area contributed by atoms with Crippen LogP contribution in [0.2, 0.25) is 0 Å². The van der Waals surface area contributed by atoms with Crippen molar-refractivity contribution in [2.24, 2.45) is 0 Å². The number of carbonyl (C=O) groups is 2. The fourth-order valence-corrected chi connectivity index (χ4v) is 9.19. The van der Waals surface area contributed by atoms with Gasteiger partial charge in [-0.1, -0.05) is 91.0 Å². The molecule has 10 heteroatoms. The van der Waals surface area contributed by atoms with E-state index in [1.165, 1.54) is 0 Å². The number of piperazine rings is 1. The Hall–Kier alpha value is -4.28. The van der Waals surface area contributed by atoms with Gasteiger partial charge in [-0.3, -0.25) is 14.5 Å². The van der Waals surface area contributed by atoms with Crippen molar-refractivity contribution in [3.8, 4) is 0 Å². The zero-order chi connectivity index (χ0) is 35.6. The molecule has 266 valence electrons. The minimum absolute atomic E-state index is 0.00434. The van der Waals surface area contributed by atoms with Gasteiger partial charge in [0.2, 0.25) is 5.91 Å². The van der Waals surface area contributed by atoms with E-state index in [0.29, 0.717) is 19.4 Å². The second kappa shape index (κ2) is 14.8. The van der Waals surface area contributed by atoms with E-state index < -0.39 is 24.0 Å². The SMILES string of the molecule is CC(c1ccccc1)N1CCc2ccc(N3CCN(CCCCC4(C(=O)NCC(F)(F)F)c5ccccc5Sc5ccccc54)CC3)cc2C1=O. The molecular formula is C41H43F3N4O2S. The Kier molecular flexibility index (Phi) is 10.2. The highest BCUT2D eigenvalue weighted by Crippen LogP contribution is 2.51. The molecular weight excluding hydrogens is 670 g/mol.